The molecule has 3 heterocycles. The van der Waals surface area contributed by atoms with Crippen molar-refractivity contribution in [1.82, 2.24) is 9.88 Å². The minimum atomic E-state index is -0.757. The lowest BCUT2D eigenvalue weighted by Crippen LogP contribution is -2.39. The number of methoxy groups -OCH3 is 1. The predicted molar refractivity (Wildman–Crippen MR) is 91.8 cm³/mol. The Balaban J connectivity index is 1.63. The fraction of sp³-hybridized carbons (Fsp3) is 0.300. The van der Waals surface area contributed by atoms with Gasteiger partial charge in [0.1, 0.15) is 5.75 Å². The summed E-state index contributed by atoms with van der Waals surface area (Å²) >= 11 is 0. The second kappa shape index (κ2) is 5.30. The van der Waals surface area contributed by atoms with E-state index >= 15 is 0 Å². The third-order valence-electron chi connectivity index (χ3n) is 5.61. The van der Waals surface area contributed by atoms with E-state index in [0.717, 1.165) is 53.7 Å². The van der Waals surface area contributed by atoms with Crippen LogP contribution in [0.2, 0.25) is 0 Å². The Morgan fingerprint density at radius 1 is 1.16 bits per heavy atom. The predicted octanol–water partition coefficient (Wildman–Crippen LogP) is 4.11. The van der Waals surface area contributed by atoms with Gasteiger partial charge in [-0.1, -0.05) is 0 Å². The number of ether oxygens (including phenoxy) is 1. The zero-order chi connectivity index (χ0) is 17.1. The molecule has 2 aliphatic rings. The summed E-state index contributed by atoms with van der Waals surface area (Å²) in [5.41, 5.74) is 5.42. The monoisotopic (exact) mass is 340 g/mol. The van der Waals surface area contributed by atoms with Gasteiger partial charge in [0.25, 0.3) is 0 Å². The molecule has 0 saturated carbocycles. The van der Waals surface area contributed by atoms with Crippen molar-refractivity contribution in [3.05, 3.63) is 64.4 Å². The average molecular weight is 340 g/mol. The molecule has 0 saturated heterocycles. The summed E-state index contributed by atoms with van der Waals surface area (Å²) in [4.78, 5) is 5.87. The van der Waals surface area contributed by atoms with Gasteiger partial charge in [0, 0.05) is 35.7 Å². The smallest absolute Gasteiger partial charge is 0.159 e. The number of H-pyrrole nitrogens is 1. The third kappa shape index (κ3) is 2.19. The van der Waals surface area contributed by atoms with E-state index in [9.17, 15) is 8.78 Å². The van der Waals surface area contributed by atoms with Crippen LogP contribution in [0.25, 0.3) is 10.9 Å². The van der Waals surface area contributed by atoms with Gasteiger partial charge >= 0.3 is 0 Å². The van der Waals surface area contributed by atoms with Gasteiger partial charge in [-0.3, -0.25) is 4.90 Å². The molecule has 0 bridgehead atoms. The van der Waals surface area contributed by atoms with Crippen molar-refractivity contribution in [2.75, 3.05) is 13.7 Å². The summed E-state index contributed by atoms with van der Waals surface area (Å²) < 4.78 is 32.8. The highest BCUT2D eigenvalue weighted by Crippen LogP contribution is 2.41. The van der Waals surface area contributed by atoms with Crippen LogP contribution in [0.3, 0.4) is 0 Å². The maximum Gasteiger partial charge on any atom is 0.159 e. The number of hydrogen-bond donors (Lipinski definition) is 1. The van der Waals surface area contributed by atoms with Crippen LogP contribution in [0.4, 0.5) is 8.78 Å². The first-order valence-electron chi connectivity index (χ1n) is 8.53. The highest BCUT2D eigenvalue weighted by molar-refractivity contribution is 5.86. The number of hydrogen-bond acceptors (Lipinski definition) is 2. The molecule has 2 aromatic carbocycles. The molecule has 0 unspecified atom stereocenters. The lowest BCUT2D eigenvalue weighted by atomic mass is 9.85. The Kier molecular flexibility index (Phi) is 3.16. The SMILES string of the molecule is COc1ccc2[nH]c3c(c2c1)C[C@H]1c2cc(F)c(F)cc2CCN1C3. The third-order valence-corrected chi connectivity index (χ3v) is 5.61. The minimum Gasteiger partial charge on any atom is -0.497 e. The molecule has 5 heteroatoms. The van der Waals surface area contributed by atoms with Crippen LogP contribution in [-0.4, -0.2) is 23.5 Å². The van der Waals surface area contributed by atoms with Gasteiger partial charge in [-0.25, -0.2) is 8.78 Å². The first kappa shape index (κ1) is 14.9. The van der Waals surface area contributed by atoms with Crippen LogP contribution in [0.1, 0.15) is 28.4 Å². The number of aromatic amines is 1. The van der Waals surface area contributed by atoms with Crippen molar-refractivity contribution >= 4 is 10.9 Å². The van der Waals surface area contributed by atoms with Crippen molar-refractivity contribution in [2.45, 2.75) is 25.4 Å². The van der Waals surface area contributed by atoms with Gasteiger partial charge in [-0.2, -0.15) is 0 Å². The fourth-order valence-corrected chi connectivity index (χ4v) is 4.35. The number of rotatable bonds is 1. The van der Waals surface area contributed by atoms with Crippen molar-refractivity contribution < 1.29 is 13.5 Å². The molecule has 1 atom stereocenters. The van der Waals surface area contributed by atoms with Crippen LogP contribution in [0.15, 0.2) is 30.3 Å². The second-order valence-electron chi connectivity index (χ2n) is 6.90. The summed E-state index contributed by atoms with van der Waals surface area (Å²) in [7, 11) is 1.66. The van der Waals surface area contributed by atoms with Crippen molar-refractivity contribution in [2.24, 2.45) is 0 Å². The number of fused-ring (bicyclic) bond motifs is 6. The number of benzene rings is 2. The summed E-state index contributed by atoms with van der Waals surface area (Å²) in [5, 5.41) is 1.16. The minimum absolute atomic E-state index is 0.0940. The second-order valence-corrected chi connectivity index (χ2v) is 6.90. The molecule has 3 nitrogen and oxygen atoms in total. The number of aromatic nitrogens is 1. The standard InChI is InChI=1S/C20H18F2N2O/c1-25-12-2-3-18-14(7-12)15-9-20-13-8-17(22)16(21)6-11(13)4-5-24(20)10-19(15)23-18/h2-3,6-8,20,23H,4-5,9-10H2,1H3/t20-/m0/s1. The molecule has 1 N–H and O–H groups in total. The summed E-state index contributed by atoms with van der Waals surface area (Å²) in [5.74, 6) is -0.679. The average Bonchev–Trinajstić information content (AvgIpc) is 2.97. The Morgan fingerprint density at radius 3 is 2.84 bits per heavy atom. The Labute approximate surface area is 144 Å². The number of halogens is 2. The molecule has 2 aliphatic heterocycles. The van der Waals surface area contributed by atoms with E-state index in [0.29, 0.717) is 0 Å². The molecule has 5 rings (SSSR count). The van der Waals surface area contributed by atoms with Gasteiger partial charge in [-0.15, -0.1) is 0 Å². The first-order chi connectivity index (χ1) is 12.1. The number of nitrogens with zero attached hydrogens (tertiary/aromatic N) is 1. The maximum absolute atomic E-state index is 13.8. The van der Waals surface area contributed by atoms with E-state index < -0.39 is 11.6 Å². The van der Waals surface area contributed by atoms with Crippen LogP contribution in [0, 0.1) is 11.6 Å². The normalized spacial score (nSPS) is 19.4. The molecule has 0 fully saturated rings. The highest BCUT2D eigenvalue weighted by Gasteiger charge is 2.34. The van der Waals surface area contributed by atoms with Crippen LogP contribution >= 0.6 is 0 Å². The zero-order valence-corrected chi connectivity index (χ0v) is 13.9. The molecule has 0 radical (unpaired) electrons. The first-order valence-corrected chi connectivity index (χ1v) is 8.53. The van der Waals surface area contributed by atoms with Crippen molar-refractivity contribution in [3.8, 4) is 5.75 Å². The number of nitrogens with one attached hydrogen (secondary N) is 1. The van der Waals surface area contributed by atoms with E-state index in [4.69, 9.17) is 4.74 Å². The summed E-state index contributed by atoms with van der Waals surface area (Å²) in [6.07, 6.45) is 1.55. The van der Waals surface area contributed by atoms with Crippen LogP contribution in [-0.2, 0) is 19.4 Å². The maximum atomic E-state index is 13.8. The lowest BCUT2D eigenvalue weighted by molar-refractivity contribution is 0.159. The Bertz CT molecular complexity index is 995. The topological polar surface area (TPSA) is 28.3 Å². The molecule has 0 aliphatic carbocycles. The molecule has 25 heavy (non-hydrogen) atoms. The van der Waals surface area contributed by atoms with Gasteiger partial charge in [0.2, 0.25) is 0 Å². The van der Waals surface area contributed by atoms with Gasteiger partial charge < -0.3 is 9.72 Å². The summed E-state index contributed by atoms with van der Waals surface area (Å²) in [6.45, 7) is 1.66. The van der Waals surface area contributed by atoms with Crippen molar-refractivity contribution in [1.29, 1.82) is 0 Å². The van der Waals surface area contributed by atoms with Crippen LogP contribution in [0.5, 0.6) is 5.75 Å². The lowest BCUT2D eigenvalue weighted by Gasteiger charge is -2.40. The Hall–Kier alpha value is -2.40. The van der Waals surface area contributed by atoms with E-state index in [2.05, 4.69) is 16.0 Å². The van der Waals surface area contributed by atoms with Crippen molar-refractivity contribution in [3.63, 3.8) is 0 Å². The molecule has 0 spiro atoms. The molecule has 3 aromatic rings. The fourth-order valence-electron chi connectivity index (χ4n) is 4.35. The molecular weight excluding hydrogens is 322 g/mol. The van der Waals surface area contributed by atoms with Crippen LogP contribution < -0.4 is 4.74 Å². The van der Waals surface area contributed by atoms with Gasteiger partial charge in [-0.05, 0) is 59.9 Å². The van der Waals surface area contributed by atoms with Gasteiger partial charge in [0.05, 0.1) is 7.11 Å². The van der Waals surface area contributed by atoms with E-state index in [1.54, 1.807) is 7.11 Å². The molecular formula is C20H18F2N2O. The van der Waals surface area contributed by atoms with E-state index in [-0.39, 0.29) is 6.04 Å². The van der Waals surface area contributed by atoms with E-state index in [1.165, 1.54) is 23.4 Å². The molecule has 1 aromatic heterocycles. The van der Waals surface area contributed by atoms with E-state index in [1.807, 2.05) is 12.1 Å². The quantitative estimate of drug-likeness (QED) is 0.722. The van der Waals surface area contributed by atoms with Gasteiger partial charge in [0.15, 0.2) is 11.6 Å². The largest absolute Gasteiger partial charge is 0.497 e. The zero-order valence-electron chi connectivity index (χ0n) is 13.9. The highest BCUT2D eigenvalue weighted by atomic mass is 19.2. The molecule has 0 amide bonds. The molecule has 128 valence electrons. The summed E-state index contributed by atoms with van der Waals surface area (Å²) in [6, 6.07) is 8.89. The Morgan fingerprint density at radius 2 is 2.00 bits per heavy atom.